The molecule has 2 N–H and O–H groups in total. The number of aromatic nitrogens is 2. The molecule has 0 fully saturated rings. The zero-order chi connectivity index (χ0) is 17.6. The quantitative estimate of drug-likeness (QED) is 0.417. The third-order valence-corrected chi connectivity index (χ3v) is 4.20. The van der Waals surface area contributed by atoms with Crippen molar-refractivity contribution in [2.24, 2.45) is 5.10 Å². The Balaban J connectivity index is 1.63. The van der Waals surface area contributed by atoms with E-state index in [1.807, 2.05) is 30.5 Å². The molecule has 0 bridgehead atoms. The van der Waals surface area contributed by atoms with E-state index in [1.165, 1.54) is 12.1 Å². The molecule has 0 unspecified atom stereocenters. The van der Waals surface area contributed by atoms with Crippen LogP contribution in [0.1, 0.15) is 16.1 Å². The van der Waals surface area contributed by atoms with Gasteiger partial charge >= 0.3 is 0 Å². The number of amides is 1. The van der Waals surface area contributed by atoms with E-state index in [9.17, 15) is 9.18 Å². The number of aromatic amines is 1. The first kappa shape index (κ1) is 16.9. The Morgan fingerprint density at radius 2 is 1.92 bits per heavy atom. The van der Waals surface area contributed by atoms with E-state index >= 15 is 0 Å². The van der Waals surface area contributed by atoms with Gasteiger partial charge in [0.2, 0.25) is 0 Å². The third kappa shape index (κ3) is 4.33. The van der Waals surface area contributed by atoms with Crippen molar-refractivity contribution < 1.29 is 9.18 Å². The number of benzene rings is 2. The fourth-order valence-electron chi connectivity index (χ4n) is 2.12. The summed E-state index contributed by atoms with van der Waals surface area (Å²) >= 11 is 1.66. The van der Waals surface area contributed by atoms with Gasteiger partial charge in [-0.15, -0.1) is 11.8 Å². The minimum absolute atomic E-state index is 0.272. The first-order chi connectivity index (χ1) is 12.2. The maximum Gasteiger partial charge on any atom is 0.289 e. The maximum absolute atomic E-state index is 12.9. The predicted molar refractivity (Wildman–Crippen MR) is 97.3 cm³/mol. The van der Waals surface area contributed by atoms with Gasteiger partial charge < -0.3 is 0 Å². The summed E-state index contributed by atoms with van der Waals surface area (Å²) in [5.41, 5.74) is 4.87. The van der Waals surface area contributed by atoms with E-state index in [-0.39, 0.29) is 11.5 Å². The van der Waals surface area contributed by atoms with Gasteiger partial charge in [0.05, 0.1) is 11.9 Å². The Kier molecular flexibility index (Phi) is 5.25. The van der Waals surface area contributed by atoms with Crippen LogP contribution in [0.15, 0.2) is 64.6 Å². The second kappa shape index (κ2) is 7.76. The topological polar surface area (TPSA) is 70.1 Å². The van der Waals surface area contributed by atoms with E-state index < -0.39 is 5.91 Å². The van der Waals surface area contributed by atoms with Crippen LogP contribution in [0.5, 0.6) is 0 Å². The van der Waals surface area contributed by atoms with Gasteiger partial charge in [0, 0.05) is 10.5 Å². The van der Waals surface area contributed by atoms with Crippen molar-refractivity contribution in [2.75, 3.05) is 6.26 Å². The van der Waals surface area contributed by atoms with Gasteiger partial charge in [0.25, 0.3) is 5.91 Å². The number of halogens is 1. The summed E-state index contributed by atoms with van der Waals surface area (Å²) in [5, 5.41) is 10.6. The summed E-state index contributed by atoms with van der Waals surface area (Å²) < 4.78 is 12.9. The summed E-state index contributed by atoms with van der Waals surface area (Å²) in [5.74, 6) is -0.727. The second-order valence-corrected chi connectivity index (χ2v) is 6.03. The van der Waals surface area contributed by atoms with Crippen molar-refractivity contribution in [3.63, 3.8) is 0 Å². The molecule has 0 spiro atoms. The van der Waals surface area contributed by atoms with Crippen molar-refractivity contribution >= 4 is 23.9 Å². The van der Waals surface area contributed by atoms with Crippen LogP contribution in [0.2, 0.25) is 0 Å². The molecule has 5 nitrogen and oxygen atoms in total. The van der Waals surface area contributed by atoms with Gasteiger partial charge in [-0.2, -0.15) is 10.2 Å². The van der Waals surface area contributed by atoms with Crippen LogP contribution in [0.25, 0.3) is 11.3 Å². The van der Waals surface area contributed by atoms with Crippen molar-refractivity contribution in [3.05, 3.63) is 71.7 Å². The molecule has 1 amide bonds. The van der Waals surface area contributed by atoms with E-state index in [0.29, 0.717) is 11.3 Å². The molecule has 3 rings (SSSR count). The van der Waals surface area contributed by atoms with Crippen LogP contribution in [0.4, 0.5) is 4.39 Å². The van der Waals surface area contributed by atoms with Gasteiger partial charge in [-0.1, -0.05) is 12.1 Å². The number of nitrogens with zero attached hydrogens (tertiary/aromatic N) is 2. The standard InChI is InChI=1S/C18H15FN4OS/c1-25-15-8-2-12(3-9-15)11-20-23-18(24)17-10-16(21-22-17)13-4-6-14(19)7-5-13/h2-11H,1H3,(H,21,22)(H,23,24). The molecule has 0 aliphatic rings. The maximum atomic E-state index is 12.9. The molecule has 0 aliphatic heterocycles. The second-order valence-electron chi connectivity index (χ2n) is 5.15. The van der Waals surface area contributed by atoms with Gasteiger partial charge in [-0.3, -0.25) is 9.89 Å². The lowest BCUT2D eigenvalue weighted by Gasteiger charge is -1.98. The van der Waals surface area contributed by atoms with Crippen LogP contribution in [0.3, 0.4) is 0 Å². The minimum atomic E-state index is -0.405. The summed E-state index contributed by atoms with van der Waals surface area (Å²) in [6.07, 6.45) is 3.58. The Bertz CT molecular complexity index is 888. The number of nitrogens with one attached hydrogen (secondary N) is 2. The number of carbonyl (C=O) groups is 1. The molecular formula is C18H15FN4OS. The number of H-pyrrole nitrogens is 1. The van der Waals surface area contributed by atoms with Crippen molar-refractivity contribution in [2.45, 2.75) is 4.90 Å². The molecule has 1 aromatic heterocycles. The van der Waals surface area contributed by atoms with Crippen LogP contribution in [0, 0.1) is 5.82 Å². The zero-order valence-electron chi connectivity index (χ0n) is 13.4. The number of thioether (sulfide) groups is 1. The summed E-state index contributed by atoms with van der Waals surface area (Å²) in [4.78, 5) is 13.2. The molecule has 25 heavy (non-hydrogen) atoms. The summed E-state index contributed by atoms with van der Waals surface area (Å²) in [6, 6.07) is 15.3. The molecule has 0 saturated carbocycles. The molecule has 126 valence electrons. The monoisotopic (exact) mass is 354 g/mol. The number of hydrogen-bond donors (Lipinski definition) is 2. The third-order valence-electron chi connectivity index (χ3n) is 3.46. The van der Waals surface area contributed by atoms with Crippen LogP contribution in [-0.4, -0.2) is 28.6 Å². The Labute approximate surface area is 148 Å². The Morgan fingerprint density at radius 3 is 2.60 bits per heavy atom. The summed E-state index contributed by atoms with van der Waals surface area (Å²) in [6.45, 7) is 0. The summed E-state index contributed by atoms with van der Waals surface area (Å²) in [7, 11) is 0. The average molecular weight is 354 g/mol. The molecule has 0 aliphatic carbocycles. The predicted octanol–water partition coefficient (Wildman–Crippen LogP) is 3.70. The zero-order valence-corrected chi connectivity index (χ0v) is 14.2. The molecule has 0 atom stereocenters. The highest BCUT2D eigenvalue weighted by molar-refractivity contribution is 7.98. The minimum Gasteiger partial charge on any atom is -0.272 e. The fourth-order valence-corrected chi connectivity index (χ4v) is 2.53. The van der Waals surface area contributed by atoms with E-state index in [4.69, 9.17) is 0 Å². The lowest BCUT2D eigenvalue weighted by Crippen LogP contribution is -2.17. The number of rotatable bonds is 5. The molecule has 0 saturated heterocycles. The van der Waals surface area contributed by atoms with Crippen molar-refractivity contribution in [1.29, 1.82) is 0 Å². The fraction of sp³-hybridized carbons (Fsp3) is 0.0556. The SMILES string of the molecule is CSc1ccc(C=NNC(=O)c2cc(-c3ccc(F)cc3)n[nH]2)cc1. The van der Waals surface area contributed by atoms with E-state index in [2.05, 4.69) is 20.7 Å². The Morgan fingerprint density at radius 1 is 1.20 bits per heavy atom. The molecule has 1 heterocycles. The van der Waals surface area contributed by atoms with E-state index in [1.54, 1.807) is 36.2 Å². The van der Waals surface area contributed by atoms with Crippen molar-refractivity contribution in [3.8, 4) is 11.3 Å². The normalized spacial score (nSPS) is 11.0. The highest BCUT2D eigenvalue weighted by Crippen LogP contribution is 2.18. The van der Waals surface area contributed by atoms with Gasteiger partial charge in [-0.25, -0.2) is 9.82 Å². The van der Waals surface area contributed by atoms with Crippen LogP contribution in [-0.2, 0) is 0 Å². The van der Waals surface area contributed by atoms with Crippen LogP contribution >= 0.6 is 11.8 Å². The lowest BCUT2D eigenvalue weighted by molar-refractivity contribution is 0.0950. The molecule has 7 heteroatoms. The Hall–Kier alpha value is -2.93. The molecule has 0 radical (unpaired) electrons. The smallest absolute Gasteiger partial charge is 0.272 e. The van der Waals surface area contributed by atoms with Gasteiger partial charge in [0.15, 0.2) is 0 Å². The average Bonchev–Trinajstić information content (AvgIpc) is 3.13. The molecule has 3 aromatic rings. The highest BCUT2D eigenvalue weighted by Gasteiger charge is 2.10. The molecule has 2 aromatic carbocycles. The largest absolute Gasteiger partial charge is 0.289 e. The van der Waals surface area contributed by atoms with Gasteiger partial charge in [-0.05, 0) is 54.3 Å². The first-order valence-corrected chi connectivity index (χ1v) is 8.67. The number of hydrazone groups is 1. The van der Waals surface area contributed by atoms with Crippen molar-refractivity contribution in [1.82, 2.24) is 15.6 Å². The number of hydrogen-bond acceptors (Lipinski definition) is 4. The highest BCUT2D eigenvalue weighted by atomic mass is 32.2. The van der Waals surface area contributed by atoms with E-state index in [0.717, 1.165) is 10.5 Å². The van der Waals surface area contributed by atoms with Crippen LogP contribution < -0.4 is 5.43 Å². The molecular weight excluding hydrogens is 339 g/mol. The number of carbonyl (C=O) groups excluding carboxylic acids is 1. The lowest BCUT2D eigenvalue weighted by atomic mass is 10.1. The first-order valence-electron chi connectivity index (χ1n) is 7.44. The van der Waals surface area contributed by atoms with Gasteiger partial charge in [0.1, 0.15) is 11.5 Å².